The highest BCUT2D eigenvalue weighted by Gasteiger charge is 2.32. The number of benzene rings is 2. The first-order valence-electron chi connectivity index (χ1n) is 11.6. The Labute approximate surface area is 199 Å². The summed E-state index contributed by atoms with van der Waals surface area (Å²) in [6, 6.07) is 13.8. The van der Waals surface area contributed by atoms with E-state index >= 15 is 0 Å². The Hall–Kier alpha value is -3.11. The van der Waals surface area contributed by atoms with Crippen molar-refractivity contribution in [3.63, 3.8) is 0 Å². The number of aromatic nitrogens is 4. The summed E-state index contributed by atoms with van der Waals surface area (Å²) in [4.78, 5) is 13.0. The van der Waals surface area contributed by atoms with Gasteiger partial charge in [0, 0.05) is 29.9 Å². The van der Waals surface area contributed by atoms with E-state index in [1.165, 1.54) is 12.1 Å². The van der Waals surface area contributed by atoms with Gasteiger partial charge in [-0.2, -0.15) is 4.31 Å². The number of piperidine rings is 1. The van der Waals surface area contributed by atoms with Gasteiger partial charge in [-0.15, -0.1) is 5.10 Å². The Morgan fingerprint density at radius 1 is 1.03 bits per heavy atom. The predicted molar refractivity (Wildman–Crippen MR) is 128 cm³/mol. The van der Waals surface area contributed by atoms with Gasteiger partial charge >= 0.3 is 0 Å². The molecule has 2 atom stereocenters. The number of nitrogens with zero attached hydrogens (tertiary/aromatic N) is 5. The molecule has 2 unspecified atom stereocenters. The largest absolute Gasteiger partial charge is 0.322 e. The van der Waals surface area contributed by atoms with Gasteiger partial charge in [-0.05, 0) is 77.9 Å². The summed E-state index contributed by atoms with van der Waals surface area (Å²) in [5.74, 6) is 1.01. The molecule has 1 N–H and O–H groups in total. The molecule has 2 aromatic carbocycles. The maximum atomic E-state index is 13.1. The van der Waals surface area contributed by atoms with E-state index in [2.05, 4.69) is 34.7 Å². The van der Waals surface area contributed by atoms with E-state index in [4.69, 9.17) is 0 Å². The lowest BCUT2D eigenvalue weighted by Gasteiger charge is -2.34. The summed E-state index contributed by atoms with van der Waals surface area (Å²) in [5, 5.41) is 14.9. The predicted octanol–water partition coefficient (Wildman–Crippen LogP) is 3.59. The third kappa shape index (κ3) is 4.60. The molecule has 2 fully saturated rings. The molecule has 1 amide bonds. The summed E-state index contributed by atoms with van der Waals surface area (Å²) < 4.78 is 29.6. The number of nitrogens with one attached hydrogen (secondary N) is 1. The molecule has 10 heteroatoms. The second-order valence-corrected chi connectivity index (χ2v) is 11.4. The monoisotopic (exact) mass is 480 g/mol. The van der Waals surface area contributed by atoms with Gasteiger partial charge in [-0.3, -0.25) is 4.79 Å². The average molecular weight is 481 g/mol. The Morgan fingerprint density at radius 2 is 1.74 bits per heavy atom. The number of hydrogen-bond acceptors (Lipinski definition) is 6. The quantitative estimate of drug-likeness (QED) is 0.577. The van der Waals surface area contributed by atoms with Crippen molar-refractivity contribution in [1.29, 1.82) is 0 Å². The SMILES string of the molecule is CC1CC(C)CN(S(=O)(=O)c2ccc(C(=O)Nc3cccc(-c4nnnn4C4CC4)c3)cc2)C1. The van der Waals surface area contributed by atoms with Gasteiger partial charge < -0.3 is 5.32 Å². The number of carbonyl (C=O) groups excluding carboxylic acids is 1. The van der Waals surface area contributed by atoms with Crippen LogP contribution in [0.4, 0.5) is 5.69 Å². The highest BCUT2D eigenvalue weighted by Crippen LogP contribution is 2.37. The molecule has 0 bridgehead atoms. The highest BCUT2D eigenvalue weighted by atomic mass is 32.2. The number of anilines is 1. The van der Waals surface area contributed by atoms with Crippen molar-refractivity contribution in [2.24, 2.45) is 11.8 Å². The molecule has 5 rings (SSSR count). The fraction of sp³-hybridized carbons (Fsp3) is 0.417. The Balaban J connectivity index is 1.30. The Bertz CT molecular complexity index is 1290. The minimum atomic E-state index is -3.59. The fourth-order valence-corrected chi connectivity index (χ4v) is 6.30. The third-order valence-electron chi connectivity index (χ3n) is 6.35. The first-order chi connectivity index (χ1) is 16.3. The molecule has 34 heavy (non-hydrogen) atoms. The number of rotatable bonds is 6. The van der Waals surface area contributed by atoms with Crippen LogP contribution in [0.3, 0.4) is 0 Å². The van der Waals surface area contributed by atoms with Crippen LogP contribution >= 0.6 is 0 Å². The molecule has 178 valence electrons. The van der Waals surface area contributed by atoms with Gasteiger partial charge in [0.1, 0.15) is 0 Å². The second-order valence-electron chi connectivity index (χ2n) is 9.51. The second kappa shape index (κ2) is 8.92. The van der Waals surface area contributed by atoms with Crippen LogP contribution in [0.2, 0.25) is 0 Å². The molecule has 3 aromatic rings. The van der Waals surface area contributed by atoms with Crippen LogP contribution in [0.1, 0.15) is 49.5 Å². The van der Waals surface area contributed by atoms with Crippen LogP contribution < -0.4 is 5.32 Å². The lowest BCUT2D eigenvalue weighted by atomic mass is 9.94. The average Bonchev–Trinajstić information content (AvgIpc) is 3.54. The van der Waals surface area contributed by atoms with E-state index in [1.54, 1.807) is 22.5 Å². The van der Waals surface area contributed by atoms with E-state index in [-0.39, 0.29) is 10.8 Å². The standard InChI is InChI=1S/C24H28N6O3S/c1-16-12-17(2)15-29(14-16)34(32,33)22-10-6-18(7-11-22)24(31)25-20-5-3-4-19(13-20)23-26-27-28-30(23)21-8-9-21/h3-7,10-11,13,16-17,21H,8-9,12,14-15H2,1-2H3,(H,25,31). The zero-order valence-electron chi connectivity index (χ0n) is 19.3. The van der Waals surface area contributed by atoms with Crippen molar-refractivity contribution < 1.29 is 13.2 Å². The van der Waals surface area contributed by atoms with E-state index in [0.29, 0.717) is 48.0 Å². The zero-order chi connectivity index (χ0) is 23.9. The van der Waals surface area contributed by atoms with E-state index in [0.717, 1.165) is 24.8 Å². The molecule has 1 aromatic heterocycles. The molecular weight excluding hydrogens is 452 g/mol. The molecule has 1 saturated carbocycles. The van der Waals surface area contributed by atoms with Gasteiger partial charge in [0.05, 0.1) is 10.9 Å². The van der Waals surface area contributed by atoms with E-state index in [1.807, 2.05) is 22.9 Å². The molecule has 0 spiro atoms. The minimum absolute atomic E-state index is 0.208. The molecular formula is C24H28N6O3S. The van der Waals surface area contributed by atoms with Gasteiger partial charge in [-0.1, -0.05) is 26.0 Å². The summed E-state index contributed by atoms with van der Waals surface area (Å²) in [5.41, 5.74) is 1.81. The van der Waals surface area contributed by atoms with E-state index in [9.17, 15) is 13.2 Å². The number of hydrogen-bond donors (Lipinski definition) is 1. The maximum absolute atomic E-state index is 13.1. The van der Waals surface area contributed by atoms with Crippen LogP contribution in [-0.2, 0) is 10.0 Å². The van der Waals surface area contributed by atoms with Crippen molar-refractivity contribution in [3.8, 4) is 11.4 Å². The molecule has 1 aliphatic carbocycles. The normalized spacial score (nSPS) is 21.4. The lowest BCUT2D eigenvalue weighted by molar-refractivity contribution is 0.102. The number of tetrazole rings is 1. The number of amides is 1. The Morgan fingerprint density at radius 3 is 2.41 bits per heavy atom. The van der Waals surface area contributed by atoms with Gasteiger partial charge in [-0.25, -0.2) is 13.1 Å². The topological polar surface area (TPSA) is 110 Å². The molecule has 1 saturated heterocycles. The van der Waals surface area contributed by atoms with Crippen molar-refractivity contribution in [1.82, 2.24) is 24.5 Å². The first-order valence-corrected chi connectivity index (χ1v) is 13.0. The van der Waals surface area contributed by atoms with Crippen molar-refractivity contribution >= 4 is 21.6 Å². The third-order valence-corrected chi connectivity index (χ3v) is 8.20. The van der Waals surface area contributed by atoms with Crippen molar-refractivity contribution in [2.45, 2.75) is 44.0 Å². The fourth-order valence-electron chi connectivity index (χ4n) is 4.62. The molecule has 2 heterocycles. The first kappa shape index (κ1) is 22.7. The van der Waals surface area contributed by atoms with Crippen LogP contribution in [0.15, 0.2) is 53.4 Å². The minimum Gasteiger partial charge on any atom is -0.322 e. The van der Waals surface area contributed by atoms with Crippen LogP contribution in [-0.4, -0.2) is 51.9 Å². The molecule has 1 aliphatic heterocycles. The number of carbonyl (C=O) groups is 1. The smallest absolute Gasteiger partial charge is 0.255 e. The summed E-state index contributed by atoms with van der Waals surface area (Å²) in [6.07, 6.45) is 3.16. The summed E-state index contributed by atoms with van der Waals surface area (Å²) >= 11 is 0. The number of sulfonamides is 1. The van der Waals surface area contributed by atoms with Gasteiger partial charge in [0.2, 0.25) is 10.0 Å². The van der Waals surface area contributed by atoms with Crippen molar-refractivity contribution in [2.75, 3.05) is 18.4 Å². The Kier molecular flexibility index (Phi) is 5.95. The van der Waals surface area contributed by atoms with Gasteiger partial charge in [0.15, 0.2) is 5.82 Å². The van der Waals surface area contributed by atoms with Crippen LogP contribution in [0.25, 0.3) is 11.4 Å². The van der Waals surface area contributed by atoms with Crippen LogP contribution in [0.5, 0.6) is 0 Å². The molecule has 2 aliphatic rings. The maximum Gasteiger partial charge on any atom is 0.255 e. The molecule has 9 nitrogen and oxygen atoms in total. The lowest BCUT2D eigenvalue weighted by Crippen LogP contribution is -2.42. The molecule has 0 radical (unpaired) electrons. The zero-order valence-corrected chi connectivity index (χ0v) is 20.1. The van der Waals surface area contributed by atoms with Gasteiger partial charge in [0.25, 0.3) is 5.91 Å². The highest BCUT2D eigenvalue weighted by molar-refractivity contribution is 7.89. The summed E-state index contributed by atoms with van der Waals surface area (Å²) in [6.45, 7) is 5.20. The van der Waals surface area contributed by atoms with Crippen molar-refractivity contribution in [3.05, 3.63) is 54.1 Å². The van der Waals surface area contributed by atoms with Crippen LogP contribution in [0, 0.1) is 11.8 Å². The summed E-state index contributed by atoms with van der Waals surface area (Å²) in [7, 11) is -3.59. The van der Waals surface area contributed by atoms with E-state index < -0.39 is 10.0 Å².